The van der Waals surface area contributed by atoms with Gasteiger partial charge in [0, 0.05) is 28.5 Å². The molecule has 7 rings (SSSR count). The van der Waals surface area contributed by atoms with E-state index in [4.69, 9.17) is 24.3 Å². The van der Waals surface area contributed by atoms with Gasteiger partial charge < -0.3 is 19.6 Å². The van der Waals surface area contributed by atoms with E-state index in [1.807, 2.05) is 39.2 Å². The number of nitrogens with one attached hydrogen (secondary N) is 3. The summed E-state index contributed by atoms with van der Waals surface area (Å²) in [6, 6.07) is 4.08. The molecule has 3 N–H and O–H groups in total. The van der Waals surface area contributed by atoms with Gasteiger partial charge in [-0.3, -0.25) is 5.10 Å². The average Bonchev–Trinajstić information content (AvgIpc) is 3.20. The number of allylic oxidation sites excluding steroid dienone is 1. The number of aryl methyl sites for hydroxylation is 3. The summed E-state index contributed by atoms with van der Waals surface area (Å²) in [6.45, 7) is 5.72. The maximum Gasteiger partial charge on any atom is 0.202 e. The van der Waals surface area contributed by atoms with Crippen molar-refractivity contribution in [1.29, 1.82) is 0 Å². The lowest BCUT2D eigenvalue weighted by molar-refractivity contribution is 0.393. The van der Waals surface area contributed by atoms with Gasteiger partial charge in [-0.1, -0.05) is 10.3 Å². The molecule has 0 radical (unpaired) electrons. The Kier molecular flexibility index (Phi) is 4.77. The fraction of sp³-hybridized carbons (Fsp3) is 0.296. The summed E-state index contributed by atoms with van der Waals surface area (Å²) < 4.78 is 11.6. The average molecular weight is 511 g/mol. The van der Waals surface area contributed by atoms with Gasteiger partial charge in [-0.25, -0.2) is 9.97 Å². The lowest BCUT2D eigenvalue weighted by atomic mass is 10.0. The molecule has 2 aliphatic rings. The Hall–Kier alpha value is -4.51. The molecule has 38 heavy (non-hydrogen) atoms. The molecular formula is C27H28N9O2+. The van der Waals surface area contributed by atoms with Crippen molar-refractivity contribution < 1.29 is 9.26 Å². The van der Waals surface area contributed by atoms with Crippen LogP contribution in [0.15, 0.2) is 45.9 Å². The fourth-order valence-electron chi connectivity index (χ4n) is 5.55. The third-order valence-electron chi connectivity index (χ3n) is 7.51. The highest BCUT2D eigenvalue weighted by Crippen LogP contribution is 2.46. The van der Waals surface area contributed by atoms with E-state index in [9.17, 15) is 0 Å². The summed E-state index contributed by atoms with van der Waals surface area (Å²) in [4.78, 5) is 13.0. The van der Waals surface area contributed by atoms with Crippen molar-refractivity contribution in [1.82, 2.24) is 34.9 Å². The van der Waals surface area contributed by atoms with Crippen molar-refractivity contribution in [3.63, 3.8) is 0 Å². The third kappa shape index (κ3) is 3.35. The van der Waals surface area contributed by atoms with E-state index >= 15 is 0 Å². The van der Waals surface area contributed by atoms with E-state index in [1.165, 1.54) is 18.5 Å². The minimum absolute atomic E-state index is 0.346. The smallest absolute Gasteiger partial charge is 0.202 e. The first-order valence-electron chi connectivity index (χ1n) is 12.6. The molecule has 4 aromatic heterocycles. The number of H-pyrrole nitrogens is 2. The molecule has 0 bridgehead atoms. The third-order valence-corrected chi connectivity index (χ3v) is 7.51. The Labute approximate surface area is 218 Å². The number of aromatic nitrogens is 6. The summed E-state index contributed by atoms with van der Waals surface area (Å²) in [6.07, 6.45) is 8.23. The van der Waals surface area contributed by atoms with E-state index in [0.717, 1.165) is 61.8 Å². The normalized spacial score (nSPS) is 19.3. The standard InChI is InChI=1S/C27H28N9O2/c1-13-24(14(2)38-35-13)19-8-20-18(9-22(19)37-5)25-26(32-20)30-15(3)31-27(25)33-23-10-21(16-6-7-16)36(4,34-23)17-11-28-29-12-17/h8-12,16H,6-7H2,1-5H3,(H,28,29)(H2,30,31,32,33,34)/q+1. The highest BCUT2D eigenvalue weighted by Gasteiger charge is 2.46. The summed E-state index contributed by atoms with van der Waals surface area (Å²) in [5.74, 6) is 4.08. The second-order valence-corrected chi connectivity index (χ2v) is 10.1. The lowest BCUT2D eigenvalue weighted by Crippen LogP contribution is -2.36. The van der Waals surface area contributed by atoms with E-state index in [2.05, 4.69) is 44.8 Å². The lowest BCUT2D eigenvalue weighted by Gasteiger charge is -2.23. The van der Waals surface area contributed by atoms with Gasteiger partial charge >= 0.3 is 0 Å². The van der Waals surface area contributed by atoms with E-state index in [-0.39, 0.29) is 0 Å². The van der Waals surface area contributed by atoms with Crippen LogP contribution in [0.3, 0.4) is 0 Å². The Bertz CT molecular complexity index is 1770. The number of methoxy groups -OCH3 is 1. The minimum Gasteiger partial charge on any atom is -0.496 e. The highest BCUT2D eigenvalue weighted by atomic mass is 16.5. The van der Waals surface area contributed by atoms with Crippen LogP contribution in [0, 0.1) is 26.7 Å². The van der Waals surface area contributed by atoms with Gasteiger partial charge in [0.25, 0.3) is 0 Å². The molecular weight excluding hydrogens is 482 g/mol. The number of benzene rings is 1. The molecule has 192 valence electrons. The monoisotopic (exact) mass is 510 g/mol. The summed E-state index contributed by atoms with van der Waals surface area (Å²) in [7, 11) is 3.76. The van der Waals surface area contributed by atoms with Crippen molar-refractivity contribution in [2.24, 2.45) is 11.0 Å². The van der Waals surface area contributed by atoms with Crippen molar-refractivity contribution >= 4 is 39.3 Å². The van der Waals surface area contributed by atoms with Gasteiger partial charge in [0.2, 0.25) is 5.69 Å². The maximum atomic E-state index is 5.83. The molecule has 5 heterocycles. The van der Waals surface area contributed by atoms with Crippen LogP contribution in [0.2, 0.25) is 0 Å². The summed E-state index contributed by atoms with van der Waals surface area (Å²) >= 11 is 0. The molecule has 1 fully saturated rings. The van der Waals surface area contributed by atoms with Gasteiger partial charge in [-0.15, -0.1) is 4.59 Å². The second-order valence-electron chi connectivity index (χ2n) is 10.1. The molecule has 0 amide bonds. The van der Waals surface area contributed by atoms with Gasteiger partial charge in [0.15, 0.2) is 5.84 Å². The van der Waals surface area contributed by atoms with Crippen molar-refractivity contribution in [2.75, 3.05) is 19.5 Å². The summed E-state index contributed by atoms with van der Waals surface area (Å²) in [5, 5.41) is 21.6. The molecule has 1 unspecified atom stereocenters. The van der Waals surface area contributed by atoms with Gasteiger partial charge in [-0.05, 0) is 45.7 Å². The molecule has 0 saturated heterocycles. The van der Waals surface area contributed by atoms with E-state index in [1.54, 1.807) is 7.11 Å². The Balaban J connectivity index is 1.38. The maximum absolute atomic E-state index is 5.83. The predicted molar refractivity (Wildman–Crippen MR) is 146 cm³/mol. The number of amidine groups is 1. The number of hydrogen-bond acceptors (Lipinski definition) is 8. The Morgan fingerprint density at radius 1 is 1.16 bits per heavy atom. The number of quaternary nitrogens is 1. The number of aromatic amines is 2. The molecule has 1 aliphatic heterocycles. The number of ether oxygens (including phenoxy) is 1. The van der Waals surface area contributed by atoms with Crippen molar-refractivity contribution in [3.05, 3.63) is 53.6 Å². The van der Waals surface area contributed by atoms with E-state index < -0.39 is 0 Å². The molecule has 0 spiro atoms. The number of nitrogens with zero attached hydrogens (tertiary/aromatic N) is 6. The Morgan fingerprint density at radius 2 is 2.00 bits per heavy atom. The SMILES string of the molecule is COc1cc2c(cc1-c1c(C)noc1C)[nH]c1nc(C)nc(NC3=N[N+](C)(c4cn[nH]c4)C(C4CC4)=C3)c12. The first kappa shape index (κ1) is 22.7. The highest BCUT2D eigenvalue weighted by molar-refractivity contribution is 6.17. The zero-order valence-corrected chi connectivity index (χ0v) is 21.9. The number of hydrogen-bond donors (Lipinski definition) is 3. The van der Waals surface area contributed by atoms with Crippen LogP contribution in [-0.4, -0.2) is 50.3 Å². The molecule has 11 heteroatoms. The molecule has 11 nitrogen and oxygen atoms in total. The van der Waals surface area contributed by atoms with Crippen LogP contribution in [-0.2, 0) is 0 Å². The Morgan fingerprint density at radius 3 is 2.68 bits per heavy atom. The summed E-state index contributed by atoms with van der Waals surface area (Å²) in [5.41, 5.74) is 6.55. The van der Waals surface area contributed by atoms with Crippen LogP contribution in [0.5, 0.6) is 5.75 Å². The predicted octanol–water partition coefficient (Wildman–Crippen LogP) is 5.09. The van der Waals surface area contributed by atoms with E-state index in [0.29, 0.717) is 22.2 Å². The van der Waals surface area contributed by atoms with Crippen molar-refractivity contribution in [3.8, 4) is 16.9 Å². The molecule has 1 aliphatic carbocycles. The number of rotatable bonds is 5. The molecule has 1 aromatic carbocycles. The van der Waals surface area contributed by atoms with Crippen LogP contribution in [0.25, 0.3) is 33.1 Å². The van der Waals surface area contributed by atoms with Crippen LogP contribution in [0.4, 0.5) is 11.5 Å². The zero-order chi connectivity index (χ0) is 26.2. The number of fused-ring (bicyclic) bond motifs is 3. The van der Waals surface area contributed by atoms with Crippen LogP contribution >= 0.6 is 0 Å². The quantitative estimate of drug-likeness (QED) is 0.281. The fourth-order valence-corrected chi connectivity index (χ4v) is 5.55. The van der Waals surface area contributed by atoms with Crippen molar-refractivity contribution in [2.45, 2.75) is 33.6 Å². The molecule has 5 aromatic rings. The van der Waals surface area contributed by atoms with Gasteiger partial charge in [-0.2, -0.15) is 5.10 Å². The zero-order valence-electron chi connectivity index (χ0n) is 21.9. The van der Waals surface area contributed by atoms with Crippen LogP contribution < -0.4 is 14.6 Å². The van der Waals surface area contributed by atoms with Gasteiger partial charge in [0.05, 0.1) is 30.0 Å². The first-order valence-corrected chi connectivity index (χ1v) is 12.6. The first-order chi connectivity index (χ1) is 18.4. The molecule has 1 atom stereocenters. The topological polar surface area (TPSA) is 130 Å². The second kappa shape index (κ2) is 7.99. The largest absolute Gasteiger partial charge is 0.496 e. The number of anilines is 1. The van der Waals surface area contributed by atoms with Gasteiger partial charge in [0.1, 0.15) is 47.7 Å². The molecule has 1 saturated carbocycles. The minimum atomic E-state index is 0.346. The van der Waals surface area contributed by atoms with Crippen LogP contribution in [0.1, 0.15) is 30.1 Å².